The fourth-order valence-corrected chi connectivity index (χ4v) is 0.934. The lowest BCUT2D eigenvalue weighted by molar-refractivity contribution is 0.824. The summed E-state index contributed by atoms with van der Waals surface area (Å²) in [6.07, 6.45) is 0. The zero-order valence-electron chi connectivity index (χ0n) is 6.72. The van der Waals surface area contributed by atoms with Crippen LogP contribution in [0, 0.1) is 0 Å². The molecule has 0 bridgehead atoms. The first-order chi connectivity index (χ1) is 5.27. The van der Waals surface area contributed by atoms with Crippen LogP contribution < -0.4 is 10.6 Å². The highest BCUT2D eigenvalue weighted by Gasteiger charge is 2.03. The smallest absolute Gasteiger partial charge is 0.342 e. The molecule has 0 atom stereocenters. The van der Waals surface area contributed by atoms with Crippen molar-refractivity contribution in [1.29, 1.82) is 0 Å². The lowest BCUT2D eigenvalue weighted by Crippen LogP contribution is -2.23. The van der Waals surface area contributed by atoms with Gasteiger partial charge in [0.1, 0.15) is 0 Å². The molecule has 0 aliphatic rings. The van der Waals surface area contributed by atoms with E-state index >= 15 is 0 Å². The number of aromatic amines is 2. The molecule has 0 amide bonds. The Kier molecular flexibility index (Phi) is 2.30. The third kappa shape index (κ3) is 1.60. The van der Waals surface area contributed by atoms with Crippen molar-refractivity contribution in [3.63, 3.8) is 0 Å². The number of nitrogens with zero attached hydrogens (tertiary/aromatic N) is 2. The fraction of sp³-hybridized carbons (Fsp3) is 0.667. The Bertz CT molecular complexity index is 260. The van der Waals surface area contributed by atoms with Crippen molar-refractivity contribution in [2.75, 3.05) is 18.0 Å². The van der Waals surface area contributed by atoms with Gasteiger partial charge in [-0.25, -0.2) is 9.89 Å². The van der Waals surface area contributed by atoms with E-state index in [4.69, 9.17) is 0 Å². The predicted octanol–water partition coefficient (Wildman–Crippen LogP) is -0.0558. The Balaban J connectivity index is 2.81. The first-order valence-electron chi connectivity index (χ1n) is 3.67. The summed E-state index contributed by atoms with van der Waals surface area (Å²) in [7, 11) is 0. The van der Waals surface area contributed by atoms with Gasteiger partial charge in [0.05, 0.1) is 0 Å². The van der Waals surface area contributed by atoms with E-state index in [1.807, 2.05) is 18.7 Å². The standard InChI is InChI=1S/C6H12N4O/c1-3-10(4-2)5-7-6(11)9-8-5/h3-4H2,1-2H3,(H2,7,8,9,11). The molecule has 62 valence electrons. The van der Waals surface area contributed by atoms with Crippen molar-refractivity contribution < 1.29 is 0 Å². The van der Waals surface area contributed by atoms with E-state index in [2.05, 4.69) is 15.2 Å². The van der Waals surface area contributed by atoms with Crippen LogP contribution in [0.3, 0.4) is 0 Å². The Labute approximate surface area is 64.4 Å². The Morgan fingerprint density at radius 1 is 1.45 bits per heavy atom. The number of rotatable bonds is 3. The van der Waals surface area contributed by atoms with Crippen LogP contribution in [0.4, 0.5) is 5.95 Å². The molecule has 0 aliphatic carbocycles. The fourth-order valence-electron chi connectivity index (χ4n) is 0.934. The predicted molar refractivity (Wildman–Crippen MR) is 42.8 cm³/mol. The average molecular weight is 156 g/mol. The highest BCUT2D eigenvalue weighted by Crippen LogP contribution is 1.99. The van der Waals surface area contributed by atoms with E-state index in [0.717, 1.165) is 13.1 Å². The lowest BCUT2D eigenvalue weighted by atomic mass is 10.5. The molecule has 5 heteroatoms. The van der Waals surface area contributed by atoms with Gasteiger partial charge in [0.25, 0.3) is 0 Å². The summed E-state index contributed by atoms with van der Waals surface area (Å²) in [5.74, 6) is 0.611. The van der Waals surface area contributed by atoms with E-state index in [1.165, 1.54) is 0 Å². The maximum atomic E-state index is 10.6. The molecule has 1 aromatic rings. The molecule has 0 unspecified atom stereocenters. The monoisotopic (exact) mass is 156 g/mol. The van der Waals surface area contributed by atoms with Crippen LogP contribution in [0.2, 0.25) is 0 Å². The van der Waals surface area contributed by atoms with Crippen LogP contribution in [-0.2, 0) is 0 Å². The van der Waals surface area contributed by atoms with Crippen molar-refractivity contribution in [3.05, 3.63) is 10.5 Å². The topological polar surface area (TPSA) is 64.8 Å². The van der Waals surface area contributed by atoms with Crippen LogP contribution in [0.1, 0.15) is 13.8 Å². The molecule has 1 aromatic heterocycles. The molecule has 0 aromatic carbocycles. The van der Waals surface area contributed by atoms with Gasteiger partial charge in [0, 0.05) is 13.1 Å². The normalized spacial score (nSPS) is 10.0. The van der Waals surface area contributed by atoms with Gasteiger partial charge < -0.3 is 4.90 Å². The van der Waals surface area contributed by atoms with Gasteiger partial charge in [-0.1, -0.05) is 0 Å². The molecule has 0 saturated carbocycles. The molecule has 2 N–H and O–H groups in total. The number of nitrogens with one attached hydrogen (secondary N) is 2. The van der Waals surface area contributed by atoms with Crippen LogP contribution >= 0.6 is 0 Å². The van der Waals surface area contributed by atoms with Gasteiger partial charge in [0.15, 0.2) is 0 Å². The number of aromatic nitrogens is 3. The number of anilines is 1. The second-order valence-corrected chi connectivity index (χ2v) is 2.17. The van der Waals surface area contributed by atoms with E-state index in [9.17, 15) is 4.79 Å². The maximum absolute atomic E-state index is 10.6. The molecule has 0 spiro atoms. The largest absolute Gasteiger partial charge is 0.342 e. The molecule has 0 saturated heterocycles. The zero-order valence-corrected chi connectivity index (χ0v) is 6.72. The van der Waals surface area contributed by atoms with E-state index < -0.39 is 0 Å². The van der Waals surface area contributed by atoms with Gasteiger partial charge >= 0.3 is 5.69 Å². The van der Waals surface area contributed by atoms with E-state index in [-0.39, 0.29) is 5.69 Å². The van der Waals surface area contributed by atoms with Gasteiger partial charge in [-0.15, -0.1) is 5.10 Å². The Morgan fingerprint density at radius 2 is 2.09 bits per heavy atom. The van der Waals surface area contributed by atoms with Crippen molar-refractivity contribution in [2.24, 2.45) is 0 Å². The summed E-state index contributed by atoms with van der Waals surface area (Å²) in [6.45, 7) is 5.71. The summed E-state index contributed by atoms with van der Waals surface area (Å²) in [4.78, 5) is 15.2. The molecule has 1 rings (SSSR count). The summed E-state index contributed by atoms with van der Waals surface area (Å²) in [5.41, 5.74) is -0.257. The summed E-state index contributed by atoms with van der Waals surface area (Å²) >= 11 is 0. The lowest BCUT2D eigenvalue weighted by Gasteiger charge is -2.15. The SMILES string of the molecule is CCN(CC)c1n[nH]c(=O)[nH]1. The van der Waals surface area contributed by atoms with E-state index in [1.54, 1.807) is 0 Å². The quantitative estimate of drug-likeness (QED) is 0.644. The van der Waals surface area contributed by atoms with Crippen LogP contribution in [0.5, 0.6) is 0 Å². The Hall–Kier alpha value is -1.26. The number of hydrogen-bond acceptors (Lipinski definition) is 3. The van der Waals surface area contributed by atoms with Crippen molar-refractivity contribution in [3.8, 4) is 0 Å². The molecule has 5 nitrogen and oxygen atoms in total. The minimum Gasteiger partial charge on any atom is -0.342 e. The minimum atomic E-state index is -0.257. The van der Waals surface area contributed by atoms with Crippen molar-refractivity contribution >= 4 is 5.95 Å². The first-order valence-corrected chi connectivity index (χ1v) is 3.67. The number of hydrogen-bond donors (Lipinski definition) is 2. The van der Waals surface area contributed by atoms with Crippen molar-refractivity contribution in [2.45, 2.75) is 13.8 Å². The second kappa shape index (κ2) is 3.23. The third-order valence-electron chi connectivity index (χ3n) is 1.55. The van der Waals surface area contributed by atoms with Crippen LogP contribution in [0.25, 0.3) is 0 Å². The van der Waals surface area contributed by atoms with Gasteiger partial charge in [0.2, 0.25) is 5.95 Å². The molecule has 0 radical (unpaired) electrons. The summed E-state index contributed by atoms with van der Waals surface area (Å²) in [5, 5.41) is 6.11. The van der Waals surface area contributed by atoms with Crippen LogP contribution in [-0.4, -0.2) is 28.3 Å². The van der Waals surface area contributed by atoms with Gasteiger partial charge in [-0.2, -0.15) is 0 Å². The van der Waals surface area contributed by atoms with Gasteiger partial charge in [-0.05, 0) is 13.8 Å². The van der Waals surface area contributed by atoms with E-state index in [0.29, 0.717) is 5.95 Å². The second-order valence-electron chi connectivity index (χ2n) is 2.17. The Morgan fingerprint density at radius 3 is 2.45 bits per heavy atom. The molecular formula is C6H12N4O. The molecule has 0 aliphatic heterocycles. The van der Waals surface area contributed by atoms with Crippen molar-refractivity contribution in [1.82, 2.24) is 15.2 Å². The summed E-state index contributed by atoms with van der Waals surface area (Å²) < 4.78 is 0. The first kappa shape index (κ1) is 7.84. The minimum absolute atomic E-state index is 0.257. The third-order valence-corrected chi connectivity index (χ3v) is 1.55. The molecule has 1 heterocycles. The highest BCUT2D eigenvalue weighted by molar-refractivity contribution is 5.25. The van der Waals surface area contributed by atoms with Crippen LogP contribution in [0.15, 0.2) is 4.79 Å². The highest BCUT2D eigenvalue weighted by atomic mass is 16.1. The average Bonchev–Trinajstić information content (AvgIpc) is 2.39. The molecule has 0 fully saturated rings. The number of H-pyrrole nitrogens is 2. The van der Waals surface area contributed by atoms with Gasteiger partial charge in [-0.3, -0.25) is 4.98 Å². The molecular weight excluding hydrogens is 144 g/mol. The maximum Gasteiger partial charge on any atom is 0.342 e. The molecule has 11 heavy (non-hydrogen) atoms. The summed E-state index contributed by atoms with van der Waals surface area (Å²) in [6, 6.07) is 0. The zero-order chi connectivity index (χ0) is 8.27.